The van der Waals surface area contributed by atoms with Crippen LogP contribution in [0, 0.1) is 0 Å². The highest BCUT2D eigenvalue weighted by Crippen LogP contribution is 2.28. The van der Waals surface area contributed by atoms with Crippen LogP contribution in [0.15, 0.2) is 101 Å². The molecule has 152 valence electrons. The molecule has 0 amide bonds. The Bertz CT molecular complexity index is 1440. The number of halogens is 1. The number of thioether (sulfide) groups is 1. The third kappa shape index (κ3) is 4.09. The molecular formula is C26H19ClN2OS. The predicted octanol–water partition coefficient (Wildman–Crippen LogP) is 6.54. The van der Waals surface area contributed by atoms with Gasteiger partial charge >= 0.3 is 0 Å². The van der Waals surface area contributed by atoms with Crippen LogP contribution in [0.5, 0.6) is 0 Å². The topological polar surface area (TPSA) is 34.9 Å². The Morgan fingerprint density at radius 1 is 0.839 bits per heavy atom. The molecule has 0 saturated carbocycles. The van der Waals surface area contributed by atoms with Gasteiger partial charge < -0.3 is 0 Å². The number of aromatic nitrogens is 2. The lowest BCUT2D eigenvalue weighted by Crippen LogP contribution is -2.24. The fraction of sp³-hybridized carbons (Fsp3) is 0.0769. The van der Waals surface area contributed by atoms with Crippen molar-refractivity contribution in [1.82, 2.24) is 9.55 Å². The summed E-state index contributed by atoms with van der Waals surface area (Å²) in [4.78, 5) is 18.2. The molecule has 0 N–H and O–H groups in total. The number of nitrogens with zero attached hydrogens (tertiary/aromatic N) is 2. The Hall–Kier alpha value is -3.08. The van der Waals surface area contributed by atoms with E-state index in [1.54, 1.807) is 34.5 Å². The molecule has 31 heavy (non-hydrogen) atoms. The minimum absolute atomic E-state index is 0.0501. The molecule has 3 nitrogen and oxygen atoms in total. The summed E-state index contributed by atoms with van der Waals surface area (Å²) in [6, 6.07) is 29.9. The minimum Gasteiger partial charge on any atom is -0.283 e. The second kappa shape index (κ2) is 8.58. The molecule has 0 fully saturated rings. The molecule has 0 unspecified atom stereocenters. The van der Waals surface area contributed by atoms with Crippen molar-refractivity contribution in [3.8, 4) is 0 Å². The van der Waals surface area contributed by atoms with Crippen LogP contribution in [-0.4, -0.2) is 9.55 Å². The van der Waals surface area contributed by atoms with Gasteiger partial charge in [-0.15, -0.1) is 0 Å². The minimum atomic E-state index is -0.0501. The second-order valence-corrected chi connectivity index (χ2v) is 8.74. The van der Waals surface area contributed by atoms with Crippen molar-refractivity contribution in [2.24, 2.45) is 0 Å². The van der Waals surface area contributed by atoms with E-state index in [4.69, 9.17) is 16.6 Å². The second-order valence-electron chi connectivity index (χ2n) is 7.36. The van der Waals surface area contributed by atoms with E-state index in [0.29, 0.717) is 33.4 Å². The summed E-state index contributed by atoms with van der Waals surface area (Å²) in [5.74, 6) is 0.717. The van der Waals surface area contributed by atoms with Crippen molar-refractivity contribution in [3.63, 3.8) is 0 Å². The van der Waals surface area contributed by atoms with E-state index in [9.17, 15) is 4.79 Å². The Kier molecular flexibility index (Phi) is 5.49. The summed E-state index contributed by atoms with van der Waals surface area (Å²) >= 11 is 7.75. The average Bonchev–Trinajstić information content (AvgIpc) is 2.80. The van der Waals surface area contributed by atoms with Crippen LogP contribution in [0.1, 0.15) is 11.1 Å². The zero-order valence-corrected chi connectivity index (χ0v) is 18.2. The molecule has 0 spiro atoms. The first-order valence-corrected chi connectivity index (χ1v) is 11.4. The summed E-state index contributed by atoms with van der Waals surface area (Å²) in [7, 11) is 0. The molecule has 4 aromatic carbocycles. The molecule has 5 rings (SSSR count). The summed E-state index contributed by atoms with van der Waals surface area (Å²) in [6.45, 7) is 0.475. The van der Waals surface area contributed by atoms with Gasteiger partial charge in [-0.2, -0.15) is 0 Å². The SMILES string of the molecule is O=c1c2ccc(Cl)cc2nc(SCc2cccc3ccccc23)n1Cc1ccccc1. The van der Waals surface area contributed by atoms with Crippen LogP contribution in [0.2, 0.25) is 5.02 Å². The quantitative estimate of drug-likeness (QED) is 0.229. The standard InChI is InChI=1S/C26H19ClN2OS/c27-21-13-14-23-24(15-21)28-26(29(25(23)30)16-18-7-2-1-3-8-18)31-17-20-11-6-10-19-9-4-5-12-22(19)20/h1-15H,16-17H2. The summed E-state index contributed by atoms with van der Waals surface area (Å²) in [6.07, 6.45) is 0. The Balaban J connectivity index is 1.58. The van der Waals surface area contributed by atoms with Crippen molar-refractivity contribution < 1.29 is 0 Å². The van der Waals surface area contributed by atoms with Crippen molar-refractivity contribution in [2.45, 2.75) is 17.5 Å². The van der Waals surface area contributed by atoms with Gasteiger partial charge in [0, 0.05) is 10.8 Å². The highest BCUT2D eigenvalue weighted by Gasteiger charge is 2.13. The zero-order chi connectivity index (χ0) is 21.2. The van der Waals surface area contributed by atoms with Crippen molar-refractivity contribution >= 4 is 45.0 Å². The lowest BCUT2D eigenvalue weighted by Gasteiger charge is -2.14. The zero-order valence-electron chi connectivity index (χ0n) is 16.7. The van der Waals surface area contributed by atoms with E-state index in [0.717, 1.165) is 5.56 Å². The van der Waals surface area contributed by atoms with Crippen LogP contribution in [0.4, 0.5) is 0 Å². The van der Waals surface area contributed by atoms with Gasteiger partial charge in [-0.25, -0.2) is 4.98 Å². The van der Waals surface area contributed by atoms with Crippen molar-refractivity contribution in [3.05, 3.63) is 117 Å². The number of hydrogen-bond donors (Lipinski definition) is 0. The van der Waals surface area contributed by atoms with Crippen LogP contribution in [0.25, 0.3) is 21.7 Å². The molecule has 1 heterocycles. The molecule has 0 aliphatic rings. The van der Waals surface area contributed by atoms with Gasteiger partial charge in [0.2, 0.25) is 0 Å². The van der Waals surface area contributed by atoms with Crippen LogP contribution in [0.3, 0.4) is 0 Å². The van der Waals surface area contributed by atoms with Gasteiger partial charge in [0.1, 0.15) is 0 Å². The Morgan fingerprint density at radius 3 is 2.48 bits per heavy atom. The third-order valence-electron chi connectivity index (χ3n) is 5.30. The number of rotatable bonds is 5. The molecule has 0 aliphatic carbocycles. The normalized spacial score (nSPS) is 11.3. The Labute approximate surface area is 189 Å². The number of hydrogen-bond acceptors (Lipinski definition) is 3. The van der Waals surface area contributed by atoms with Crippen LogP contribution >= 0.6 is 23.4 Å². The van der Waals surface area contributed by atoms with E-state index in [2.05, 4.69) is 36.4 Å². The van der Waals surface area contributed by atoms with E-state index < -0.39 is 0 Å². The van der Waals surface area contributed by atoms with Gasteiger partial charge in [0.25, 0.3) is 5.56 Å². The summed E-state index contributed by atoms with van der Waals surface area (Å²) in [5, 5.41) is 4.27. The predicted molar refractivity (Wildman–Crippen MR) is 130 cm³/mol. The molecule has 0 radical (unpaired) electrons. The fourth-order valence-corrected chi connectivity index (χ4v) is 4.92. The maximum atomic E-state index is 13.4. The third-order valence-corrected chi connectivity index (χ3v) is 6.56. The molecule has 0 saturated heterocycles. The Morgan fingerprint density at radius 2 is 1.61 bits per heavy atom. The van der Waals surface area contributed by atoms with Gasteiger partial charge in [-0.1, -0.05) is 96.2 Å². The lowest BCUT2D eigenvalue weighted by molar-refractivity contribution is 0.658. The largest absolute Gasteiger partial charge is 0.283 e. The average molecular weight is 443 g/mol. The fourth-order valence-electron chi connectivity index (χ4n) is 3.75. The maximum absolute atomic E-state index is 13.4. The molecule has 0 aliphatic heterocycles. The molecule has 1 aromatic heterocycles. The molecule has 0 bridgehead atoms. The molecule has 0 atom stereocenters. The van der Waals surface area contributed by atoms with Crippen LogP contribution in [-0.2, 0) is 12.3 Å². The monoisotopic (exact) mass is 442 g/mol. The van der Waals surface area contributed by atoms with Gasteiger partial charge in [0.15, 0.2) is 5.16 Å². The van der Waals surface area contributed by atoms with Gasteiger partial charge in [-0.05, 0) is 40.1 Å². The first-order chi connectivity index (χ1) is 15.2. The van der Waals surface area contributed by atoms with E-state index >= 15 is 0 Å². The van der Waals surface area contributed by atoms with E-state index in [1.165, 1.54) is 16.3 Å². The van der Waals surface area contributed by atoms with Crippen LogP contribution < -0.4 is 5.56 Å². The highest BCUT2D eigenvalue weighted by molar-refractivity contribution is 7.98. The first-order valence-electron chi connectivity index (χ1n) is 10.0. The number of fused-ring (bicyclic) bond motifs is 2. The van der Waals surface area contributed by atoms with E-state index in [-0.39, 0.29) is 5.56 Å². The summed E-state index contributed by atoms with van der Waals surface area (Å²) < 4.78 is 1.77. The first kappa shape index (κ1) is 19.9. The number of benzene rings is 4. The molecular weight excluding hydrogens is 424 g/mol. The molecule has 5 aromatic rings. The van der Waals surface area contributed by atoms with E-state index in [1.807, 2.05) is 36.4 Å². The smallest absolute Gasteiger partial charge is 0.262 e. The van der Waals surface area contributed by atoms with Crippen molar-refractivity contribution in [2.75, 3.05) is 0 Å². The lowest BCUT2D eigenvalue weighted by atomic mass is 10.1. The van der Waals surface area contributed by atoms with Gasteiger partial charge in [0.05, 0.1) is 17.4 Å². The highest BCUT2D eigenvalue weighted by atomic mass is 35.5. The van der Waals surface area contributed by atoms with Crippen molar-refractivity contribution in [1.29, 1.82) is 0 Å². The molecule has 5 heteroatoms. The van der Waals surface area contributed by atoms with Gasteiger partial charge in [-0.3, -0.25) is 9.36 Å². The summed E-state index contributed by atoms with van der Waals surface area (Å²) in [5.41, 5.74) is 2.86. The maximum Gasteiger partial charge on any atom is 0.262 e.